The Morgan fingerprint density at radius 2 is 1.87 bits per heavy atom. The highest BCUT2D eigenvalue weighted by molar-refractivity contribution is 7.91. The molecule has 0 aliphatic carbocycles. The number of aryl methyl sites for hydroxylation is 1. The lowest BCUT2D eigenvalue weighted by molar-refractivity contribution is 0.414. The molecule has 0 spiro atoms. The van der Waals surface area contributed by atoms with Crippen LogP contribution in [-0.4, -0.2) is 49.6 Å². The molecule has 1 aliphatic heterocycles. The van der Waals surface area contributed by atoms with Gasteiger partial charge in [-0.1, -0.05) is 24.3 Å². The average Bonchev–Trinajstić information content (AvgIpc) is 3.04. The summed E-state index contributed by atoms with van der Waals surface area (Å²) in [6.45, 7) is 3.71. The van der Waals surface area contributed by atoms with Gasteiger partial charge in [-0.15, -0.1) is 12.4 Å². The van der Waals surface area contributed by atoms with Gasteiger partial charge in [0, 0.05) is 35.8 Å². The first-order chi connectivity index (χ1) is 21.8. The number of fused-ring (bicyclic) bond motifs is 1. The van der Waals surface area contributed by atoms with Crippen LogP contribution >= 0.6 is 12.4 Å². The molecule has 1 fully saturated rings. The van der Waals surface area contributed by atoms with Crippen LogP contribution in [0.4, 0.5) is 16.0 Å². The summed E-state index contributed by atoms with van der Waals surface area (Å²) in [5.41, 5.74) is 2.36. The maximum atomic E-state index is 15.2. The molecule has 2 aromatic heterocycles. The van der Waals surface area contributed by atoms with Gasteiger partial charge in [-0.3, -0.25) is 4.72 Å². The van der Waals surface area contributed by atoms with Crippen molar-refractivity contribution < 1.29 is 22.3 Å². The van der Waals surface area contributed by atoms with Crippen molar-refractivity contribution in [2.24, 2.45) is 0 Å². The summed E-state index contributed by atoms with van der Waals surface area (Å²) in [4.78, 5) is 13.6. The number of anilines is 2. The van der Waals surface area contributed by atoms with E-state index in [0.29, 0.717) is 50.9 Å². The number of hydrogen-bond acceptors (Lipinski definition) is 9. The molecule has 3 N–H and O–H groups in total. The fourth-order valence-electron chi connectivity index (χ4n) is 5.37. The van der Waals surface area contributed by atoms with E-state index in [0.717, 1.165) is 31.5 Å². The molecule has 0 bridgehead atoms. The normalized spacial score (nSPS) is 14.7. The van der Waals surface area contributed by atoms with Crippen molar-refractivity contribution in [1.29, 1.82) is 0 Å². The van der Waals surface area contributed by atoms with Gasteiger partial charge in [0.25, 0.3) is 0 Å². The van der Waals surface area contributed by atoms with Crippen LogP contribution in [0.5, 0.6) is 17.4 Å². The lowest BCUT2D eigenvalue weighted by Gasteiger charge is -2.23. The predicted octanol–water partition coefficient (Wildman–Crippen LogP) is 6.47. The van der Waals surface area contributed by atoms with E-state index >= 15 is 4.39 Å². The quantitative estimate of drug-likeness (QED) is 0.154. The van der Waals surface area contributed by atoms with Crippen LogP contribution < -0.4 is 24.8 Å². The van der Waals surface area contributed by atoms with E-state index in [1.807, 2.05) is 13.0 Å². The smallest absolute Gasteiger partial charge is 0.237 e. The van der Waals surface area contributed by atoms with Crippen LogP contribution in [0.25, 0.3) is 22.0 Å². The number of piperidine rings is 1. The molecule has 1 aliphatic rings. The second-order valence-electron chi connectivity index (χ2n) is 10.9. The molecule has 1 atom stereocenters. The molecule has 46 heavy (non-hydrogen) atoms. The van der Waals surface area contributed by atoms with Crippen molar-refractivity contribution in [1.82, 2.24) is 20.3 Å². The minimum atomic E-state index is -3.99. The van der Waals surface area contributed by atoms with E-state index in [1.54, 1.807) is 67.0 Å². The average molecular weight is 665 g/mol. The Bertz CT molecular complexity index is 1960. The number of rotatable bonds is 10. The fourth-order valence-corrected chi connectivity index (χ4v) is 6.58. The first kappa shape index (κ1) is 32.9. The minimum absolute atomic E-state index is 0. The van der Waals surface area contributed by atoms with Crippen molar-refractivity contribution in [3.8, 4) is 28.6 Å². The van der Waals surface area contributed by atoms with E-state index in [1.165, 1.54) is 13.2 Å². The zero-order valence-corrected chi connectivity index (χ0v) is 26.9. The van der Waals surface area contributed by atoms with Crippen LogP contribution in [0.15, 0.2) is 79.1 Å². The van der Waals surface area contributed by atoms with Gasteiger partial charge in [0.05, 0.1) is 29.8 Å². The Balaban J connectivity index is 0.00000417. The Morgan fingerprint density at radius 1 is 1.02 bits per heavy atom. The van der Waals surface area contributed by atoms with Gasteiger partial charge >= 0.3 is 0 Å². The molecule has 1 saturated heterocycles. The zero-order valence-electron chi connectivity index (χ0n) is 25.3. The Labute approximate surface area is 273 Å². The third kappa shape index (κ3) is 7.47. The number of sulfonamides is 1. The maximum Gasteiger partial charge on any atom is 0.237 e. The number of pyridine rings is 1. The highest BCUT2D eigenvalue weighted by Crippen LogP contribution is 2.40. The molecular formula is C33H34ClFN6O4S. The minimum Gasteiger partial charge on any atom is -0.497 e. The van der Waals surface area contributed by atoms with Gasteiger partial charge in [-0.05, 0) is 79.9 Å². The highest BCUT2D eigenvalue weighted by atomic mass is 35.5. The molecule has 0 radical (unpaired) electrons. The summed E-state index contributed by atoms with van der Waals surface area (Å²) in [5.74, 6) is 0.682. The van der Waals surface area contributed by atoms with Crippen molar-refractivity contribution in [3.63, 3.8) is 0 Å². The molecule has 5 aromatic rings. The number of benzene rings is 3. The fraction of sp³-hybridized carbons (Fsp3) is 0.242. The first-order valence-electron chi connectivity index (χ1n) is 14.6. The van der Waals surface area contributed by atoms with Gasteiger partial charge in [-0.25, -0.2) is 27.8 Å². The molecule has 3 heterocycles. The molecule has 13 heteroatoms. The maximum absolute atomic E-state index is 15.2. The number of halogens is 2. The summed E-state index contributed by atoms with van der Waals surface area (Å²) in [6, 6.07) is 18.6. The van der Waals surface area contributed by atoms with E-state index in [9.17, 15) is 8.42 Å². The predicted molar refractivity (Wildman–Crippen MR) is 180 cm³/mol. The van der Waals surface area contributed by atoms with Crippen molar-refractivity contribution in [2.45, 2.75) is 31.6 Å². The van der Waals surface area contributed by atoms with Gasteiger partial charge in [0.2, 0.25) is 21.9 Å². The number of nitrogens with zero attached hydrogens (tertiary/aromatic N) is 3. The Hall–Kier alpha value is -4.52. The largest absolute Gasteiger partial charge is 0.497 e. The lowest BCUT2D eigenvalue weighted by Crippen LogP contribution is -2.38. The Morgan fingerprint density at radius 3 is 2.67 bits per heavy atom. The highest BCUT2D eigenvalue weighted by Gasteiger charge is 2.21. The topological polar surface area (TPSA) is 127 Å². The van der Waals surface area contributed by atoms with Gasteiger partial charge < -0.3 is 20.1 Å². The summed E-state index contributed by atoms with van der Waals surface area (Å²) in [7, 11) is -2.48. The number of hydrogen-bond donors (Lipinski definition) is 3. The van der Waals surface area contributed by atoms with Crippen molar-refractivity contribution in [3.05, 3.63) is 96.1 Å². The SMILES string of the molecule is COc1cccc(CS(=O)(=O)Nc2c(F)ccc3c(Oc4ncccc4-c4ccnc(N[C@H]5CCCNC5)n4)c(C)ccc23)c1.Cl. The second-order valence-corrected chi connectivity index (χ2v) is 12.6. The van der Waals surface area contributed by atoms with Crippen molar-refractivity contribution in [2.75, 3.05) is 30.2 Å². The first-order valence-corrected chi connectivity index (χ1v) is 16.2. The summed E-state index contributed by atoms with van der Waals surface area (Å²) >= 11 is 0. The molecular weight excluding hydrogens is 631 g/mol. The second kappa shape index (κ2) is 14.3. The van der Waals surface area contributed by atoms with E-state index in [4.69, 9.17) is 14.5 Å². The number of nitrogens with one attached hydrogen (secondary N) is 3. The summed E-state index contributed by atoms with van der Waals surface area (Å²) < 4.78 is 55.7. The van der Waals surface area contributed by atoms with Crippen LogP contribution in [0, 0.1) is 12.7 Å². The van der Waals surface area contributed by atoms with E-state index in [2.05, 4.69) is 25.3 Å². The van der Waals surface area contributed by atoms with E-state index < -0.39 is 15.8 Å². The summed E-state index contributed by atoms with van der Waals surface area (Å²) in [6.07, 6.45) is 5.41. The monoisotopic (exact) mass is 664 g/mol. The Kier molecular flexibility index (Phi) is 10.2. The standard InChI is InChI=1S/C33H33FN6O4S.ClH/c1-21-10-11-25-26(12-13-28(34)30(25)40-45(41,42)20-22-6-3-8-24(18-22)43-2)31(21)44-32-27(9-5-16-36-32)29-14-17-37-33(39-29)38-23-7-4-15-35-19-23;/h3,5-6,8-14,16-18,23,35,40H,4,7,15,19-20H2,1-2H3,(H,37,38,39);1H/t23-;/m0./s1. The van der Waals surface area contributed by atoms with Crippen molar-refractivity contribution >= 4 is 44.8 Å². The van der Waals surface area contributed by atoms with Crippen LogP contribution in [0.2, 0.25) is 0 Å². The van der Waals surface area contributed by atoms with Gasteiger partial charge in [0.1, 0.15) is 17.3 Å². The van der Waals surface area contributed by atoms with Gasteiger partial charge in [-0.2, -0.15) is 0 Å². The third-order valence-corrected chi connectivity index (χ3v) is 8.81. The third-order valence-electron chi connectivity index (χ3n) is 7.58. The van der Waals surface area contributed by atoms with Crippen LogP contribution in [0.1, 0.15) is 24.0 Å². The molecule has 10 nitrogen and oxygen atoms in total. The van der Waals surface area contributed by atoms with Gasteiger partial charge in [0.15, 0.2) is 0 Å². The molecule has 3 aromatic carbocycles. The molecule has 240 valence electrons. The van der Waals surface area contributed by atoms with Crippen LogP contribution in [0.3, 0.4) is 0 Å². The van der Waals surface area contributed by atoms with Crippen LogP contribution in [-0.2, 0) is 15.8 Å². The molecule has 0 amide bonds. The molecule has 6 rings (SSSR count). The number of ether oxygens (including phenoxy) is 2. The zero-order chi connectivity index (χ0) is 31.4. The number of aromatic nitrogens is 3. The lowest BCUT2D eigenvalue weighted by atomic mass is 10.0. The van der Waals surface area contributed by atoms with E-state index in [-0.39, 0.29) is 29.9 Å². The molecule has 0 saturated carbocycles. The molecule has 0 unspecified atom stereocenters. The number of methoxy groups -OCH3 is 1. The summed E-state index contributed by atoms with van der Waals surface area (Å²) in [5, 5.41) is 7.64.